The topological polar surface area (TPSA) is 31.5 Å². The average molecular weight is 104 g/mol. The van der Waals surface area contributed by atoms with Crippen LogP contribution in [0.5, 0.6) is 0 Å². The van der Waals surface area contributed by atoms with Gasteiger partial charge in [0.25, 0.3) is 0 Å². The van der Waals surface area contributed by atoms with Crippen LogP contribution >= 0.6 is 0 Å². The first-order valence-corrected chi connectivity index (χ1v) is 0. The smallest absolute Gasteiger partial charge is 1.00 e. The molecule has 0 saturated heterocycles. The van der Waals surface area contributed by atoms with Gasteiger partial charge in [-0.3, -0.25) is 0 Å². The maximum Gasteiger partial charge on any atom is 2.00 e. The number of rotatable bonds is 0. The van der Waals surface area contributed by atoms with Crippen LogP contribution in [0.4, 0.5) is 0 Å². The van der Waals surface area contributed by atoms with Crippen molar-refractivity contribution in [3.63, 3.8) is 0 Å². The molecule has 0 radical (unpaired) electrons. The first kappa shape index (κ1) is 41.4. The summed E-state index contributed by atoms with van der Waals surface area (Å²) in [7, 11) is 0. The molecule has 0 unspecified atom stereocenters. The fourth-order valence-electron chi connectivity index (χ4n) is 0. The summed E-state index contributed by atoms with van der Waals surface area (Å²) >= 11 is 0. The van der Waals surface area contributed by atoms with Gasteiger partial charge in [-0.05, 0) is 0 Å². The van der Waals surface area contributed by atoms with Gasteiger partial charge in [0.2, 0.25) is 0 Å². The molecular weight excluding hydrogens is 94.3 g/mol. The van der Waals surface area contributed by atoms with Crippen molar-refractivity contribution in [2.75, 3.05) is 0 Å². The van der Waals surface area contributed by atoms with E-state index >= 15 is 0 Å². The fraction of sp³-hybridized carbons (Fsp3) is 0. The summed E-state index contributed by atoms with van der Waals surface area (Å²) in [5.74, 6) is 0. The molecule has 0 fully saturated rings. The van der Waals surface area contributed by atoms with Gasteiger partial charge >= 0.3 is 23.1 Å². The van der Waals surface area contributed by atoms with E-state index in [1.165, 1.54) is 0 Å². The molecule has 0 rings (SSSR count). The Kier molecular flexibility index (Phi) is 222. The summed E-state index contributed by atoms with van der Waals surface area (Å²) in [6.45, 7) is 0. The van der Waals surface area contributed by atoms with Crippen LogP contribution in [0.3, 0.4) is 0 Å². The molecule has 0 aromatic carbocycles. The molecule has 0 aliphatic rings. The predicted molar refractivity (Wildman–Crippen MR) is 31.5 cm³/mol. The maximum absolute atomic E-state index is 0. The van der Waals surface area contributed by atoms with Crippen LogP contribution in [0.2, 0.25) is 0 Å². The van der Waals surface area contributed by atoms with Gasteiger partial charge in [-0.1, -0.05) is 0 Å². The second kappa shape index (κ2) is 21.5. The first-order valence-electron chi connectivity index (χ1n) is 0. The minimum absolute atomic E-state index is 0. The van der Waals surface area contributed by atoms with E-state index in [0.717, 1.165) is 0 Å². The van der Waals surface area contributed by atoms with E-state index in [9.17, 15) is 0 Å². The van der Waals surface area contributed by atoms with Gasteiger partial charge in [0.15, 0.2) is 34.7 Å². The van der Waals surface area contributed by atoms with Crippen molar-refractivity contribution in [3.05, 3.63) is 0 Å². The van der Waals surface area contributed by atoms with Gasteiger partial charge in [-0.25, -0.2) is 0 Å². The second-order valence-electron chi connectivity index (χ2n) is 0. The van der Waals surface area contributed by atoms with Crippen LogP contribution in [0, 0.1) is 0 Å². The van der Waals surface area contributed by atoms with Crippen LogP contribution in [0.15, 0.2) is 0 Å². The minimum atomic E-state index is 0. The van der Waals surface area contributed by atoms with Gasteiger partial charge in [0.1, 0.15) is 0 Å². The summed E-state index contributed by atoms with van der Waals surface area (Å²) in [5, 5.41) is 0. The molecule has 0 spiro atoms. The summed E-state index contributed by atoms with van der Waals surface area (Å²) in [6, 6.07) is 0. The molecule has 4 heavy (non-hydrogen) atoms. The van der Waals surface area contributed by atoms with Gasteiger partial charge in [0, 0.05) is 0 Å². The Bertz CT molecular complexity index is 11.5. The van der Waals surface area contributed by atoms with E-state index in [1.807, 2.05) is 0 Å². The van der Waals surface area contributed by atoms with Crippen molar-refractivity contribution < 1.29 is 8.33 Å². The van der Waals surface area contributed by atoms with E-state index in [0.29, 0.717) is 0 Å². The standard InChI is InChI=1S/2Al.Mg.H2O.8H/h;;;1H2;;;;;;;;/q;;+2;;;;;;;;2*-1. The maximum atomic E-state index is 0. The molecule has 1 nitrogen and oxygen atoms in total. The van der Waals surface area contributed by atoms with Crippen molar-refractivity contribution >= 4 is 57.8 Å². The van der Waals surface area contributed by atoms with Gasteiger partial charge in [-0.15, -0.1) is 0 Å². The normalized spacial score (nSPS) is 0. The van der Waals surface area contributed by atoms with E-state index in [1.54, 1.807) is 0 Å². The second-order valence-corrected chi connectivity index (χ2v) is 0. The summed E-state index contributed by atoms with van der Waals surface area (Å²) < 4.78 is 0. The van der Waals surface area contributed by atoms with Crippen molar-refractivity contribution in [3.8, 4) is 0 Å². The Balaban J connectivity index is 0. The molecule has 0 amide bonds. The largest absolute Gasteiger partial charge is 2.00 e. The Hall–Kier alpha value is 1.79. The molecule has 0 aliphatic heterocycles. The monoisotopic (exact) mass is 104 g/mol. The zero-order valence-electron chi connectivity index (χ0n) is 3.21. The summed E-state index contributed by atoms with van der Waals surface area (Å²) in [4.78, 5) is 0. The molecular formula is H10Al2MgO. The third-order valence-corrected chi connectivity index (χ3v) is 0. The van der Waals surface area contributed by atoms with Crippen molar-refractivity contribution in [2.24, 2.45) is 0 Å². The molecule has 0 atom stereocenters. The Morgan fingerprint density at radius 1 is 1.00 bits per heavy atom. The minimum Gasteiger partial charge on any atom is -1.00 e. The van der Waals surface area contributed by atoms with Crippen LogP contribution in [-0.4, -0.2) is 63.3 Å². The summed E-state index contributed by atoms with van der Waals surface area (Å²) in [6.07, 6.45) is 0. The number of hydrogen-bond acceptors (Lipinski definition) is 0. The zero-order valence-corrected chi connectivity index (χ0v) is 2.62. The molecule has 4 heteroatoms. The Morgan fingerprint density at radius 2 is 1.00 bits per heavy atom. The molecule has 0 aromatic heterocycles. The molecule has 0 aromatic rings. The zero-order chi connectivity index (χ0) is 0. The van der Waals surface area contributed by atoms with E-state index in [2.05, 4.69) is 0 Å². The van der Waals surface area contributed by atoms with E-state index in [4.69, 9.17) is 0 Å². The van der Waals surface area contributed by atoms with E-state index < -0.39 is 0 Å². The molecule has 0 aliphatic carbocycles. The SMILES string of the molecule is O.[AlH3].[AlH3].[H-].[H-].[Mg+2]. The van der Waals surface area contributed by atoms with Crippen LogP contribution in [-0.2, 0) is 0 Å². The van der Waals surface area contributed by atoms with Gasteiger partial charge in [-0.2, -0.15) is 0 Å². The van der Waals surface area contributed by atoms with Crippen LogP contribution in [0.1, 0.15) is 2.85 Å². The third kappa shape index (κ3) is 9.21. The first-order chi connectivity index (χ1) is 0. The van der Waals surface area contributed by atoms with Crippen LogP contribution in [0.25, 0.3) is 0 Å². The van der Waals surface area contributed by atoms with Crippen molar-refractivity contribution in [2.45, 2.75) is 0 Å². The molecule has 0 bridgehead atoms. The fourth-order valence-corrected chi connectivity index (χ4v) is 0. The van der Waals surface area contributed by atoms with Gasteiger partial charge < -0.3 is 8.33 Å². The Morgan fingerprint density at radius 3 is 1.00 bits per heavy atom. The molecule has 2 N–H and O–H groups in total. The predicted octanol–water partition coefficient (Wildman–Crippen LogP) is -3.35. The molecule has 0 heterocycles. The quantitative estimate of drug-likeness (QED) is 0.288. The van der Waals surface area contributed by atoms with Gasteiger partial charge in [0.05, 0.1) is 0 Å². The van der Waals surface area contributed by atoms with Crippen molar-refractivity contribution in [1.82, 2.24) is 0 Å². The summed E-state index contributed by atoms with van der Waals surface area (Å²) in [5.41, 5.74) is 0. The third-order valence-electron chi connectivity index (χ3n) is 0. The molecule has 0 saturated carbocycles. The Labute approximate surface area is 65.8 Å². The van der Waals surface area contributed by atoms with Crippen molar-refractivity contribution in [1.29, 1.82) is 0 Å². The van der Waals surface area contributed by atoms with E-state index in [-0.39, 0.29) is 66.1 Å². The number of hydrogen-bond donors (Lipinski definition) is 0. The average Bonchev–Trinajstić information content (AvgIpc) is 0. The molecule has 24 valence electrons. The van der Waals surface area contributed by atoms with Crippen LogP contribution < -0.4 is 0 Å².